The third kappa shape index (κ3) is 3.06. The lowest BCUT2D eigenvalue weighted by atomic mass is 9.82. The number of rotatable bonds is 3. The van der Waals surface area contributed by atoms with E-state index < -0.39 is 0 Å². The summed E-state index contributed by atoms with van der Waals surface area (Å²) in [6.45, 7) is 6.45. The molecule has 1 heterocycles. The van der Waals surface area contributed by atoms with Crippen molar-refractivity contribution in [1.82, 2.24) is 4.90 Å². The summed E-state index contributed by atoms with van der Waals surface area (Å²) < 4.78 is 11.7. The van der Waals surface area contributed by atoms with E-state index >= 15 is 0 Å². The predicted octanol–water partition coefficient (Wildman–Crippen LogP) is 3.34. The maximum absolute atomic E-state index is 5.42. The van der Waals surface area contributed by atoms with Crippen LogP contribution in [0, 0.1) is 12.8 Å². The molecule has 3 nitrogen and oxygen atoms in total. The predicted molar refractivity (Wildman–Crippen MR) is 80.9 cm³/mol. The molecule has 0 aromatic heterocycles. The first-order valence-corrected chi connectivity index (χ1v) is 7.29. The van der Waals surface area contributed by atoms with Crippen LogP contribution in [0.25, 0.3) is 0 Å². The number of methoxy groups -OCH3 is 2. The van der Waals surface area contributed by atoms with E-state index in [-0.39, 0.29) is 0 Å². The summed E-state index contributed by atoms with van der Waals surface area (Å²) in [7, 11) is 5.52. The van der Waals surface area contributed by atoms with Crippen molar-refractivity contribution < 1.29 is 9.47 Å². The Labute approximate surface area is 124 Å². The molecule has 0 bridgehead atoms. The first-order chi connectivity index (χ1) is 9.06. The van der Waals surface area contributed by atoms with Gasteiger partial charge in [0.05, 0.1) is 14.2 Å². The molecule has 1 saturated heterocycles. The molecule has 0 N–H and O–H groups in total. The highest BCUT2D eigenvalue weighted by atomic mass is 79.9. The lowest BCUT2D eigenvalue weighted by Gasteiger charge is -2.35. The minimum absolute atomic E-state index is 0.426. The van der Waals surface area contributed by atoms with E-state index in [9.17, 15) is 0 Å². The Morgan fingerprint density at radius 1 is 1.26 bits per heavy atom. The smallest absolute Gasteiger partial charge is 0.137 e. The van der Waals surface area contributed by atoms with Gasteiger partial charge in [-0.1, -0.05) is 0 Å². The van der Waals surface area contributed by atoms with E-state index in [2.05, 4.69) is 46.9 Å². The molecule has 1 radical (unpaired) electrons. The van der Waals surface area contributed by atoms with Crippen LogP contribution in [0.4, 0.5) is 0 Å². The van der Waals surface area contributed by atoms with Gasteiger partial charge < -0.3 is 14.4 Å². The van der Waals surface area contributed by atoms with Gasteiger partial charge in [-0.3, -0.25) is 0 Å². The Bertz CT molecular complexity index is 425. The Hall–Kier alpha value is -0.740. The second kappa shape index (κ2) is 6.14. The molecule has 105 valence electrons. The van der Waals surface area contributed by atoms with Gasteiger partial charge in [-0.05, 0) is 72.4 Å². The molecule has 1 aliphatic heterocycles. The highest BCUT2D eigenvalue weighted by Crippen LogP contribution is 2.40. The van der Waals surface area contributed by atoms with Crippen LogP contribution in [0.2, 0.25) is 0 Å². The van der Waals surface area contributed by atoms with E-state index in [1.54, 1.807) is 14.2 Å². The molecular formula is C15H21BrNO2. The topological polar surface area (TPSA) is 21.7 Å². The number of hydrogen-bond acceptors (Lipinski definition) is 3. The average molecular weight is 327 g/mol. The number of nitrogens with zero attached hydrogens (tertiary/aromatic N) is 1. The van der Waals surface area contributed by atoms with E-state index in [1.165, 1.54) is 5.56 Å². The van der Waals surface area contributed by atoms with E-state index in [4.69, 9.17) is 9.47 Å². The van der Waals surface area contributed by atoms with Crippen molar-refractivity contribution in [2.75, 3.05) is 34.4 Å². The lowest BCUT2D eigenvalue weighted by molar-refractivity contribution is 0.212. The zero-order valence-electron chi connectivity index (χ0n) is 11.8. The lowest BCUT2D eigenvalue weighted by Crippen LogP contribution is -2.35. The summed E-state index contributed by atoms with van der Waals surface area (Å²) in [5.41, 5.74) is 1.24. The van der Waals surface area contributed by atoms with Gasteiger partial charge >= 0.3 is 0 Å². The van der Waals surface area contributed by atoms with Crippen molar-refractivity contribution in [3.05, 3.63) is 29.1 Å². The van der Waals surface area contributed by atoms with E-state index in [1.807, 2.05) is 0 Å². The van der Waals surface area contributed by atoms with Crippen molar-refractivity contribution in [2.45, 2.75) is 12.3 Å². The monoisotopic (exact) mass is 326 g/mol. The Kier molecular flexibility index (Phi) is 4.74. The first-order valence-electron chi connectivity index (χ1n) is 6.49. The SMILES string of the molecule is [CH2]C1CCN(C)CC1c1cc(OC)c(Br)c(OC)c1. The number of likely N-dealkylation sites (tertiary alicyclic amines) is 1. The third-order valence-corrected chi connectivity index (χ3v) is 4.64. The van der Waals surface area contributed by atoms with Gasteiger partial charge in [-0.25, -0.2) is 0 Å². The van der Waals surface area contributed by atoms with Crippen LogP contribution in [-0.2, 0) is 0 Å². The highest BCUT2D eigenvalue weighted by molar-refractivity contribution is 9.10. The summed E-state index contributed by atoms with van der Waals surface area (Å²) in [5, 5.41) is 0. The zero-order chi connectivity index (χ0) is 14.0. The fraction of sp³-hybridized carbons (Fsp3) is 0.533. The molecule has 4 heteroatoms. The zero-order valence-corrected chi connectivity index (χ0v) is 13.4. The molecule has 19 heavy (non-hydrogen) atoms. The van der Waals surface area contributed by atoms with Crippen LogP contribution in [0.3, 0.4) is 0 Å². The minimum Gasteiger partial charge on any atom is -0.495 e. The second-order valence-corrected chi connectivity index (χ2v) is 5.95. The standard InChI is InChI=1S/C15H21BrNO2/c1-10-5-6-17(2)9-12(10)11-7-13(18-3)15(16)14(8-11)19-4/h7-8,10,12H,1,5-6,9H2,2-4H3. The fourth-order valence-corrected chi connectivity index (χ4v) is 3.20. The molecule has 0 saturated carbocycles. The summed E-state index contributed by atoms with van der Waals surface area (Å²) in [4.78, 5) is 2.35. The van der Waals surface area contributed by atoms with Crippen molar-refractivity contribution in [3.8, 4) is 11.5 Å². The quantitative estimate of drug-likeness (QED) is 0.850. The van der Waals surface area contributed by atoms with E-state index in [0.29, 0.717) is 11.8 Å². The fourth-order valence-electron chi connectivity index (χ4n) is 2.64. The minimum atomic E-state index is 0.426. The van der Waals surface area contributed by atoms with Gasteiger partial charge in [0.15, 0.2) is 0 Å². The number of piperidine rings is 1. The van der Waals surface area contributed by atoms with Crippen molar-refractivity contribution in [3.63, 3.8) is 0 Å². The van der Waals surface area contributed by atoms with Crippen LogP contribution in [-0.4, -0.2) is 39.3 Å². The van der Waals surface area contributed by atoms with Gasteiger partial charge in [0.25, 0.3) is 0 Å². The summed E-state index contributed by atoms with van der Waals surface area (Å²) in [6, 6.07) is 4.18. The maximum atomic E-state index is 5.42. The first kappa shape index (κ1) is 14.7. The molecule has 1 aromatic carbocycles. The van der Waals surface area contributed by atoms with E-state index in [0.717, 1.165) is 35.5 Å². The molecule has 2 rings (SSSR count). The van der Waals surface area contributed by atoms with Gasteiger partial charge in [-0.15, -0.1) is 0 Å². The van der Waals surface area contributed by atoms with Gasteiger partial charge in [0.2, 0.25) is 0 Å². The van der Waals surface area contributed by atoms with Gasteiger partial charge in [0.1, 0.15) is 16.0 Å². The Morgan fingerprint density at radius 3 is 2.37 bits per heavy atom. The van der Waals surface area contributed by atoms with Crippen LogP contribution in [0.5, 0.6) is 11.5 Å². The van der Waals surface area contributed by atoms with Crippen molar-refractivity contribution >= 4 is 15.9 Å². The normalized spacial score (nSPS) is 24.3. The molecule has 1 aliphatic rings. The molecule has 0 amide bonds. The highest BCUT2D eigenvalue weighted by Gasteiger charge is 2.27. The summed E-state index contributed by atoms with van der Waals surface area (Å²) in [5.74, 6) is 2.49. The Morgan fingerprint density at radius 2 is 1.84 bits per heavy atom. The Balaban J connectivity index is 2.38. The number of benzene rings is 1. The summed E-state index contributed by atoms with van der Waals surface area (Å²) >= 11 is 3.51. The molecular weight excluding hydrogens is 306 g/mol. The van der Waals surface area contributed by atoms with Crippen LogP contribution < -0.4 is 9.47 Å². The number of ether oxygens (including phenoxy) is 2. The molecule has 0 spiro atoms. The molecule has 1 aromatic rings. The van der Waals surface area contributed by atoms with Crippen LogP contribution in [0.15, 0.2) is 16.6 Å². The van der Waals surface area contributed by atoms with Crippen LogP contribution in [0.1, 0.15) is 17.9 Å². The van der Waals surface area contributed by atoms with Crippen molar-refractivity contribution in [1.29, 1.82) is 0 Å². The summed E-state index contributed by atoms with van der Waals surface area (Å²) in [6.07, 6.45) is 1.13. The maximum Gasteiger partial charge on any atom is 0.137 e. The number of hydrogen-bond donors (Lipinski definition) is 0. The second-order valence-electron chi connectivity index (χ2n) is 5.16. The van der Waals surface area contributed by atoms with Gasteiger partial charge in [0, 0.05) is 6.54 Å². The molecule has 2 unspecified atom stereocenters. The van der Waals surface area contributed by atoms with Crippen LogP contribution >= 0.6 is 15.9 Å². The average Bonchev–Trinajstić information content (AvgIpc) is 2.42. The molecule has 0 aliphatic carbocycles. The van der Waals surface area contributed by atoms with Gasteiger partial charge in [-0.2, -0.15) is 0 Å². The number of halogens is 1. The third-order valence-electron chi connectivity index (χ3n) is 3.86. The molecule has 2 atom stereocenters. The largest absolute Gasteiger partial charge is 0.495 e. The number of likely N-dealkylation sites (N-methyl/N-ethyl adjacent to an activating group) is 1. The van der Waals surface area contributed by atoms with Crippen molar-refractivity contribution in [2.24, 2.45) is 5.92 Å². The molecule has 1 fully saturated rings.